The zero-order valence-electron chi connectivity index (χ0n) is 17.3. The van der Waals surface area contributed by atoms with Crippen LogP contribution >= 0.6 is 23.2 Å². The van der Waals surface area contributed by atoms with Crippen molar-refractivity contribution in [1.29, 1.82) is 0 Å². The van der Waals surface area contributed by atoms with Crippen molar-refractivity contribution in [3.8, 4) is 0 Å². The third kappa shape index (κ3) is 4.66. The zero-order valence-corrected chi connectivity index (χ0v) is 18.8. The fraction of sp³-hybridized carbons (Fsp3) is 0.348. The average molecular weight is 476 g/mol. The molecule has 1 unspecified atom stereocenters. The highest BCUT2D eigenvalue weighted by atomic mass is 35.5. The molecule has 0 spiro atoms. The van der Waals surface area contributed by atoms with E-state index in [-0.39, 0.29) is 11.3 Å². The lowest BCUT2D eigenvalue weighted by atomic mass is 9.95. The Hall–Kier alpha value is -2.45. The van der Waals surface area contributed by atoms with Gasteiger partial charge in [0.1, 0.15) is 5.76 Å². The van der Waals surface area contributed by atoms with E-state index in [1.54, 1.807) is 30.3 Å². The summed E-state index contributed by atoms with van der Waals surface area (Å²) in [5.41, 5.74) is 1.06. The highest BCUT2D eigenvalue weighted by molar-refractivity contribution is 6.46. The first-order valence-corrected chi connectivity index (χ1v) is 11.2. The van der Waals surface area contributed by atoms with Gasteiger partial charge in [-0.2, -0.15) is 0 Å². The number of aliphatic hydroxyl groups is 1. The minimum atomic E-state index is -0.761. The van der Waals surface area contributed by atoms with E-state index in [9.17, 15) is 14.7 Å². The van der Waals surface area contributed by atoms with Gasteiger partial charge in [0.2, 0.25) is 0 Å². The Kier molecular flexibility index (Phi) is 7.10. The SMILES string of the molecule is O=C1C(=O)N(CCCN2CCOCC2)C(c2ccc(Cl)c(Cl)c2)C1=C(O)c1ccncc1. The van der Waals surface area contributed by atoms with Gasteiger partial charge in [-0.05, 0) is 36.2 Å². The van der Waals surface area contributed by atoms with Gasteiger partial charge in [-0.15, -0.1) is 0 Å². The van der Waals surface area contributed by atoms with E-state index in [4.69, 9.17) is 27.9 Å². The van der Waals surface area contributed by atoms with Gasteiger partial charge in [-0.25, -0.2) is 0 Å². The van der Waals surface area contributed by atoms with Gasteiger partial charge in [-0.3, -0.25) is 19.5 Å². The molecule has 0 bridgehead atoms. The second-order valence-corrected chi connectivity index (χ2v) is 8.52. The van der Waals surface area contributed by atoms with Gasteiger partial charge in [0.05, 0.1) is 34.9 Å². The predicted molar refractivity (Wildman–Crippen MR) is 122 cm³/mol. The van der Waals surface area contributed by atoms with Crippen molar-refractivity contribution in [2.45, 2.75) is 12.5 Å². The maximum atomic E-state index is 13.0. The van der Waals surface area contributed by atoms with Crippen LogP contribution < -0.4 is 0 Å². The van der Waals surface area contributed by atoms with Crippen LogP contribution in [0.1, 0.15) is 23.6 Å². The summed E-state index contributed by atoms with van der Waals surface area (Å²) in [6, 6.07) is 7.40. The quantitative estimate of drug-likeness (QED) is 0.390. The predicted octanol–water partition coefficient (Wildman–Crippen LogP) is 3.53. The molecule has 168 valence electrons. The number of halogens is 2. The number of likely N-dealkylation sites (tertiary alicyclic amines) is 1. The van der Waals surface area contributed by atoms with Crippen LogP contribution in [0, 0.1) is 0 Å². The molecule has 0 aliphatic carbocycles. The number of morpholine rings is 1. The van der Waals surface area contributed by atoms with E-state index in [0.29, 0.717) is 47.4 Å². The summed E-state index contributed by atoms with van der Waals surface area (Å²) in [7, 11) is 0. The molecule has 1 amide bonds. The monoisotopic (exact) mass is 475 g/mol. The molecule has 9 heteroatoms. The van der Waals surface area contributed by atoms with Crippen molar-refractivity contribution in [3.63, 3.8) is 0 Å². The van der Waals surface area contributed by atoms with Crippen LogP contribution in [0.5, 0.6) is 0 Å². The topological polar surface area (TPSA) is 83.0 Å². The van der Waals surface area contributed by atoms with Crippen LogP contribution in [0.2, 0.25) is 10.0 Å². The molecule has 0 saturated carbocycles. The fourth-order valence-electron chi connectivity index (χ4n) is 4.09. The van der Waals surface area contributed by atoms with Crippen LogP contribution in [0.3, 0.4) is 0 Å². The molecule has 2 saturated heterocycles. The Morgan fingerprint density at radius 1 is 1.06 bits per heavy atom. The summed E-state index contributed by atoms with van der Waals surface area (Å²) in [4.78, 5) is 33.7. The Morgan fingerprint density at radius 2 is 1.78 bits per heavy atom. The van der Waals surface area contributed by atoms with Gasteiger partial charge in [-0.1, -0.05) is 29.3 Å². The number of ketones is 1. The summed E-state index contributed by atoms with van der Waals surface area (Å²) in [5, 5.41) is 11.7. The van der Waals surface area contributed by atoms with Crippen LogP contribution in [-0.2, 0) is 14.3 Å². The Bertz CT molecular complexity index is 1040. The minimum absolute atomic E-state index is 0.0333. The van der Waals surface area contributed by atoms with Crippen LogP contribution in [0.15, 0.2) is 48.3 Å². The zero-order chi connectivity index (χ0) is 22.7. The van der Waals surface area contributed by atoms with E-state index < -0.39 is 17.7 Å². The molecule has 32 heavy (non-hydrogen) atoms. The number of aromatic nitrogens is 1. The number of pyridine rings is 1. The summed E-state index contributed by atoms with van der Waals surface area (Å²) in [5.74, 6) is -1.60. The summed E-state index contributed by atoms with van der Waals surface area (Å²) in [6.45, 7) is 4.22. The number of hydrogen-bond donors (Lipinski definition) is 1. The van der Waals surface area contributed by atoms with E-state index in [0.717, 1.165) is 19.6 Å². The number of benzene rings is 1. The van der Waals surface area contributed by atoms with E-state index in [1.807, 2.05) is 0 Å². The first-order chi connectivity index (χ1) is 15.5. The molecule has 1 aromatic carbocycles. The normalized spacial score (nSPS) is 21.3. The molecule has 4 rings (SSSR count). The molecule has 2 aliphatic rings. The first kappa shape index (κ1) is 22.7. The third-order valence-electron chi connectivity index (χ3n) is 5.73. The maximum Gasteiger partial charge on any atom is 0.295 e. The largest absolute Gasteiger partial charge is 0.507 e. The molecule has 1 N–H and O–H groups in total. The second-order valence-electron chi connectivity index (χ2n) is 7.71. The van der Waals surface area contributed by atoms with Crippen molar-refractivity contribution in [3.05, 3.63) is 69.5 Å². The van der Waals surface area contributed by atoms with Gasteiger partial charge >= 0.3 is 0 Å². The second kappa shape index (κ2) is 10.0. The summed E-state index contributed by atoms with van der Waals surface area (Å²) >= 11 is 12.3. The molecule has 2 fully saturated rings. The van der Waals surface area contributed by atoms with Gasteiger partial charge in [0.25, 0.3) is 11.7 Å². The lowest BCUT2D eigenvalue weighted by Crippen LogP contribution is -2.38. The Balaban J connectivity index is 1.68. The first-order valence-electron chi connectivity index (χ1n) is 10.4. The van der Waals surface area contributed by atoms with Gasteiger partial charge in [0.15, 0.2) is 0 Å². The molecule has 2 aliphatic heterocycles. The smallest absolute Gasteiger partial charge is 0.295 e. The summed E-state index contributed by atoms with van der Waals surface area (Å²) < 4.78 is 5.38. The minimum Gasteiger partial charge on any atom is -0.507 e. The molecular formula is C23H23Cl2N3O4. The van der Waals surface area contributed by atoms with Crippen molar-refractivity contribution < 1.29 is 19.4 Å². The van der Waals surface area contributed by atoms with Crippen molar-refractivity contribution >= 4 is 40.7 Å². The molecule has 7 nitrogen and oxygen atoms in total. The van der Waals surface area contributed by atoms with Gasteiger partial charge < -0.3 is 14.7 Å². The number of aliphatic hydroxyl groups excluding tert-OH is 1. The fourth-order valence-corrected chi connectivity index (χ4v) is 4.40. The Morgan fingerprint density at radius 3 is 2.47 bits per heavy atom. The number of ether oxygens (including phenoxy) is 1. The maximum absolute atomic E-state index is 13.0. The molecule has 0 radical (unpaired) electrons. The van der Waals surface area contributed by atoms with Gasteiger partial charge in [0, 0.05) is 44.1 Å². The number of rotatable bonds is 6. The molecular weight excluding hydrogens is 453 g/mol. The van der Waals surface area contributed by atoms with Crippen LogP contribution in [0.4, 0.5) is 0 Å². The molecule has 3 heterocycles. The number of carbonyl (C=O) groups is 2. The van der Waals surface area contributed by atoms with Crippen molar-refractivity contribution in [2.75, 3.05) is 39.4 Å². The number of carbonyl (C=O) groups excluding carboxylic acids is 2. The molecule has 2 aromatic rings. The van der Waals surface area contributed by atoms with E-state index in [1.165, 1.54) is 17.3 Å². The molecule has 1 aromatic heterocycles. The van der Waals surface area contributed by atoms with Crippen LogP contribution in [-0.4, -0.2) is 71.0 Å². The lowest BCUT2D eigenvalue weighted by Gasteiger charge is -2.29. The third-order valence-corrected chi connectivity index (χ3v) is 6.47. The number of hydrogen-bond acceptors (Lipinski definition) is 6. The standard InChI is InChI=1S/C23H23Cl2N3O4/c24-17-3-2-16(14-18(17)25)20-19(21(29)15-4-6-26-7-5-15)22(30)23(31)28(20)9-1-8-27-10-12-32-13-11-27/h2-7,14,20,29H,1,8-13H2. The molecule has 1 atom stereocenters. The highest BCUT2D eigenvalue weighted by Gasteiger charge is 2.46. The number of Topliss-reactive ketones (excluding diaryl/α,β-unsaturated/α-hetero) is 1. The number of nitrogens with zero attached hydrogens (tertiary/aromatic N) is 3. The summed E-state index contributed by atoms with van der Waals surface area (Å²) in [6.07, 6.45) is 3.71. The van der Waals surface area contributed by atoms with Crippen LogP contribution in [0.25, 0.3) is 5.76 Å². The van der Waals surface area contributed by atoms with Crippen molar-refractivity contribution in [1.82, 2.24) is 14.8 Å². The van der Waals surface area contributed by atoms with E-state index in [2.05, 4.69) is 9.88 Å². The Labute approximate surface area is 196 Å². The van der Waals surface area contributed by atoms with E-state index >= 15 is 0 Å². The number of amides is 1. The highest BCUT2D eigenvalue weighted by Crippen LogP contribution is 2.40. The lowest BCUT2D eigenvalue weighted by molar-refractivity contribution is -0.140. The average Bonchev–Trinajstić information content (AvgIpc) is 3.07. The van der Waals surface area contributed by atoms with Crippen molar-refractivity contribution in [2.24, 2.45) is 0 Å².